The summed E-state index contributed by atoms with van der Waals surface area (Å²) in [4.78, 5) is 14.6. The molecule has 1 aromatic carbocycles. The fraction of sp³-hybridized carbons (Fsp3) is 0.333. The first-order valence-electron chi connectivity index (χ1n) is 5.02. The van der Waals surface area contributed by atoms with Crippen molar-refractivity contribution in [2.75, 3.05) is 0 Å². The topological polar surface area (TPSA) is 63.3 Å². The second kappa shape index (κ2) is 3.33. The average Bonchev–Trinajstić information content (AvgIpc) is 2.58. The lowest BCUT2D eigenvalue weighted by molar-refractivity contribution is 0.0656. The van der Waals surface area contributed by atoms with E-state index in [-0.39, 0.29) is 11.3 Å². The Labute approximate surface area is 92.9 Å². The molecular weight excluding hydrogens is 206 g/mol. The summed E-state index contributed by atoms with van der Waals surface area (Å²) < 4.78 is 5.09. The monoisotopic (exact) mass is 219 g/mol. The average molecular weight is 219 g/mol. The van der Waals surface area contributed by atoms with E-state index in [2.05, 4.69) is 25.8 Å². The molecule has 0 saturated heterocycles. The van der Waals surface area contributed by atoms with Crippen molar-refractivity contribution in [3.8, 4) is 0 Å². The zero-order valence-electron chi connectivity index (χ0n) is 9.44. The molecule has 0 aliphatic rings. The molecule has 2 rings (SSSR count). The highest BCUT2D eigenvalue weighted by atomic mass is 16.4. The SMILES string of the molecule is CC(C)(C)c1ccc2oc(C(=O)O)nc2c1. The summed E-state index contributed by atoms with van der Waals surface area (Å²) in [6.07, 6.45) is 0. The van der Waals surface area contributed by atoms with Crippen molar-refractivity contribution in [1.82, 2.24) is 4.98 Å². The molecule has 4 nitrogen and oxygen atoms in total. The second-order valence-electron chi connectivity index (χ2n) is 4.76. The maximum absolute atomic E-state index is 10.7. The smallest absolute Gasteiger partial charge is 0.392 e. The number of carbonyl (C=O) groups is 1. The molecule has 0 fully saturated rings. The summed E-state index contributed by atoms with van der Waals surface area (Å²) in [5, 5.41) is 8.76. The van der Waals surface area contributed by atoms with E-state index >= 15 is 0 Å². The molecule has 0 unspecified atom stereocenters. The summed E-state index contributed by atoms with van der Waals surface area (Å²) >= 11 is 0. The van der Waals surface area contributed by atoms with Crippen LogP contribution in [0.5, 0.6) is 0 Å². The van der Waals surface area contributed by atoms with Crippen molar-refractivity contribution in [2.45, 2.75) is 26.2 Å². The summed E-state index contributed by atoms with van der Waals surface area (Å²) in [5.74, 6) is -1.41. The predicted octanol–water partition coefficient (Wildman–Crippen LogP) is 2.82. The largest absolute Gasteiger partial charge is 0.474 e. The van der Waals surface area contributed by atoms with Crippen LogP contribution >= 0.6 is 0 Å². The molecule has 0 amide bonds. The Morgan fingerprint density at radius 2 is 2.06 bits per heavy atom. The number of nitrogens with zero attached hydrogens (tertiary/aromatic N) is 1. The lowest BCUT2D eigenvalue weighted by atomic mass is 9.87. The highest BCUT2D eigenvalue weighted by molar-refractivity contribution is 5.86. The lowest BCUT2D eigenvalue weighted by Gasteiger charge is -2.18. The van der Waals surface area contributed by atoms with Crippen molar-refractivity contribution in [2.24, 2.45) is 0 Å². The third-order valence-corrected chi connectivity index (χ3v) is 2.44. The van der Waals surface area contributed by atoms with E-state index in [1.807, 2.05) is 12.1 Å². The molecule has 4 heteroatoms. The van der Waals surface area contributed by atoms with Crippen LogP contribution in [0.25, 0.3) is 11.1 Å². The van der Waals surface area contributed by atoms with Gasteiger partial charge in [0.05, 0.1) is 0 Å². The van der Waals surface area contributed by atoms with Crippen molar-refractivity contribution >= 4 is 17.1 Å². The van der Waals surface area contributed by atoms with Crippen LogP contribution in [0.15, 0.2) is 22.6 Å². The Balaban J connectivity index is 2.58. The van der Waals surface area contributed by atoms with E-state index in [1.54, 1.807) is 6.07 Å². The number of hydrogen-bond donors (Lipinski definition) is 1. The van der Waals surface area contributed by atoms with Gasteiger partial charge in [-0.25, -0.2) is 9.78 Å². The maximum atomic E-state index is 10.7. The Hall–Kier alpha value is -1.84. The van der Waals surface area contributed by atoms with Gasteiger partial charge < -0.3 is 9.52 Å². The van der Waals surface area contributed by atoms with Gasteiger partial charge in [0.2, 0.25) is 0 Å². The molecule has 1 aromatic heterocycles. The minimum Gasteiger partial charge on any atom is -0.474 e. The molecule has 0 saturated carbocycles. The second-order valence-corrected chi connectivity index (χ2v) is 4.76. The van der Waals surface area contributed by atoms with E-state index in [0.717, 1.165) is 5.56 Å². The third kappa shape index (κ3) is 1.78. The van der Waals surface area contributed by atoms with Gasteiger partial charge in [0.1, 0.15) is 5.52 Å². The van der Waals surface area contributed by atoms with Gasteiger partial charge in [-0.2, -0.15) is 0 Å². The zero-order chi connectivity index (χ0) is 11.9. The summed E-state index contributed by atoms with van der Waals surface area (Å²) in [5.41, 5.74) is 2.21. The van der Waals surface area contributed by atoms with Crippen LogP contribution in [0.2, 0.25) is 0 Å². The number of aromatic nitrogens is 1. The van der Waals surface area contributed by atoms with Gasteiger partial charge in [-0.05, 0) is 23.1 Å². The molecule has 0 bridgehead atoms. The van der Waals surface area contributed by atoms with Gasteiger partial charge in [-0.15, -0.1) is 0 Å². The molecule has 2 aromatic rings. The van der Waals surface area contributed by atoms with Crippen molar-refractivity contribution < 1.29 is 14.3 Å². The van der Waals surface area contributed by atoms with Gasteiger partial charge in [0.25, 0.3) is 0 Å². The molecule has 1 N–H and O–H groups in total. The Kier molecular flexibility index (Phi) is 2.22. The van der Waals surface area contributed by atoms with Crippen LogP contribution in [0, 0.1) is 0 Å². The minimum absolute atomic E-state index is 0.0104. The van der Waals surface area contributed by atoms with Crippen LogP contribution in [0.3, 0.4) is 0 Å². The van der Waals surface area contributed by atoms with Crippen LogP contribution in [-0.2, 0) is 5.41 Å². The Morgan fingerprint density at radius 1 is 1.38 bits per heavy atom. The number of aromatic carboxylic acids is 1. The van der Waals surface area contributed by atoms with Crippen LogP contribution in [-0.4, -0.2) is 16.1 Å². The van der Waals surface area contributed by atoms with Crippen LogP contribution < -0.4 is 0 Å². The molecular formula is C12H13NO3. The van der Waals surface area contributed by atoms with Gasteiger partial charge in [0.15, 0.2) is 5.58 Å². The molecule has 0 aliphatic heterocycles. The lowest BCUT2D eigenvalue weighted by Crippen LogP contribution is -2.10. The van der Waals surface area contributed by atoms with Crippen molar-refractivity contribution in [3.63, 3.8) is 0 Å². The van der Waals surface area contributed by atoms with E-state index < -0.39 is 5.97 Å². The number of benzene rings is 1. The van der Waals surface area contributed by atoms with E-state index in [4.69, 9.17) is 9.52 Å². The molecule has 16 heavy (non-hydrogen) atoms. The molecule has 0 spiro atoms. The highest BCUT2D eigenvalue weighted by Crippen LogP contribution is 2.26. The third-order valence-electron chi connectivity index (χ3n) is 2.44. The number of oxazole rings is 1. The first-order valence-corrected chi connectivity index (χ1v) is 5.02. The summed E-state index contributed by atoms with van der Waals surface area (Å²) in [7, 11) is 0. The number of carboxylic acids is 1. The van der Waals surface area contributed by atoms with E-state index in [1.165, 1.54) is 0 Å². The maximum Gasteiger partial charge on any atom is 0.392 e. The van der Waals surface area contributed by atoms with Crippen molar-refractivity contribution in [3.05, 3.63) is 29.7 Å². The van der Waals surface area contributed by atoms with Gasteiger partial charge in [-0.3, -0.25) is 0 Å². The first kappa shape index (κ1) is 10.7. The predicted molar refractivity (Wildman–Crippen MR) is 59.7 cm³/mol. The highest BCUT2D eigenvalue weighted by Gasteiger charge is 2.17. The number of fused-ring (bicyclic) bond motifs is 1. The first-order chi connectivity index (χ1) is 7.38. The van der Waals surface area contributed by atoms with Crippen LogP contribution in [0.1, 0.15) is 37.0 Å². The number of hydrogen-bond acceptors (Lipinski definition) is 3. The standard InChI is InChI=1S/C12H13NO3/c1-12(2,3)7-4-5-9-8(6-7)13-10(16-9)11(14)15/h4-6H,1-3H3,(H,14,15). The molecule has 0 radical (unpaired) electrons. The molecule has 0 aliphatic carbocycles. The van der Waals surface area contributed by atoms with Gasteiger partial charge in [-0.1, -0.05) is 26.8 Å². The Bertz CT molecular complexity index is 549. The zero-order valence-corrected chi connectivity index (χ0v) is 9.44. The minimum atomic E-state index is -1.14. The molecule has 84 valence electrons. The quantitative estimate of drug-likeness (QED) is 0.801. The summed E-state index contributed by atoms with van der Waals surface area (Å²) in [6.45, 7) is 6.27. The normalized spacial score (nSPS) is 11.9. The van der Waals surface area contributed by atoms with Gasteiger partial charge >= 0.3 is 11.9 Å². The molecule has 0 atom stereocenters. The number of rotatable bonds is 1. The van der Waals surface area contributed by atoms with E-state index in [9.17, 15) is 4.79 Å². The summed E-state index contributed by atoms with van der Waals surface area (Å²) in [6, 6.07) is 5.56. The van der Waals surface area contributed by atoms with Crippen molar-refractivity contribution in [1.29, 1.82) is 0 Å². The van der Waals surface area contributed by atoms with E-state index in [0.29, 0.717) is 11.1 Å². The Morgan fingerprint density at radius 3 is 2.62 bits per heavy atom. The van der Waals surface area contributed by atoms with Crippen LogP contribution in [0.4, 0.5) is 0 Å². The van der Waals surface area contributed by atoms with Gasteiger partial charge in [0, 0.05) is 0 Å². The number of carboxylic acid groups (broad SMARTS) is 1. The fourth-order valence-electron chi connectivity index (χ4n) is 1.49. The molecule has 1 heterocycles. The fourth-order valence-corrected chi connectivity index (χ4v) is 1.49.